The molecule has 0 radical (unpaired) electrons. The van der Waals surface area contributed by atoms with E-state index in [-0.39, 0.29) is 29.6 Å². The summed E-state index contributed by atoms with van der Waals surface area (Å²) < 4.78 is 0. The topological polar surface area (TPSA) is 66.5 Å². The smallest absolute Gasteiger partial charge is 0.255 e. The number of benzene rings is 2. The maximum absolute atomic E-state index is 12.8. The first-order valence-corrected chi connectivity index (χ1v) is 9.86. The zero-order valence-electron chi connectivity index (χ0n) is 16.9. The molecule has 0 saturated carbocycles. The number of nitrogens with zero attached hydrogens (tertiary/aromatic N) is 1. The van der Waals surface area contributed by atoms with Gasteiger partial charge in [0.1, 0.15) is 0 Å². The standard InChI is InChI=1S/C24H24N2O3/c1-14-4-9-20-21(13-14)24(29)26(23(20)28)19-7-5-17(6-8-19)22(27)25-18-11-15(2)10-16(3)12-18/h4-8,10-12,20-21H,9,13H2,1-3H3,(H,25,27)/t20-,21+/m0/s1. The molecule has 1 aliphatic carbocycles. The molecule has 1 heterocycles. The van der Waals surface area contributed by atoms with Crippen LogP contribution in [0.15, 0.2) is 54.1 Å². The normalized spacial score (nSPS) is 21.1. The Morgan fingerprint density at radius 1 is 0.931 bits per heavy atom. The van der Waals surface area contributed by atoms with Crippen LogP contribution in [0.1, 0.15) is 41.3 Å². The number of fused-ring (bicyclic) bond motifs is 1. The lowest BCUT2D eigenvalue weighted by Gasteiger charge is -2.18. The predicted molar refractivity (Wildman–Crippen MR) is 113 cm³/mol. The van der Waals surface area contributed by atoms with Crippen molar-refractivity contribution < 1.29 is 14.4 Å². The number of aryl methyl sites for hydroxylation is 2. The molecular formula is C24H24N2O3. The Bertz CT molecular complexity index is 1020. The lowest BCUT2D eigenvalue weighted by atomic mass is 9.82. The average molecular weight is 388 g/mol. The first-order chi connectivity index (χ1) is 13.8. The molecule has 29 heavy (non-hydrogen) atoms. The van der Waals surface area contributed by atoms with Crippen molar-refractivity contribution in [1.29, 1.82) is 0 Å². The van der Waals surface area contributed by atoms with Crippen LogP contribution in [0.5, 0.6) is 0 Å². The maximum Gasteiger partial charge on any atom is 0.255 e. The molecule has 0 unspecified atom stereocenters. The number of amides is 3. The molecule has 2 aromatic carbocycles. The molecule has 2 atom stereocenters. The van der Waals surface area contributed by atoms with Gasteiger partial charge in [0, 0.05) is 11.3 Å². The van der Waals surface area contributed by atoms with Crippen LogP contribution in [0, 0.1) is 25.7 Å². The largest absolute Gasteiger partial charge is 0.322 e. The molecule has 4 rings (SSSR count). The molecule has 0 aromatic heterocycles. The highest BCUT2D eigenvalue weighted by Crippen LogP contribution is 2.39. The van der Waals surface area contributed by atoms with Gasteiger partial charge in [-0.15, -0.1) is 0 Å². The molecule has 2 aromatic rings. The van der Waals surface area contributed by atoms with Crippen molar-refractivity contribution in [3.8, 4) is 0 Å². The van der Waals surface area contributed by atoms with Crippen molar-refractivity contribution in [2.45, 2.75) is 33.6 Å². The SMILES string of the molecule is CC1=CC[C@@H]2C(=O)N(c3ccc(C(=O)Nc4cc(C)cc(C)c4)cc3)C(=O)[C@@H]2C1. The minimum Gasteiger partial charge on any atom is -0.322 e. The molecule has 3 amide bonds. The molecule has 5 heteroatoms. The third kappa shape index (κ3) is 3.60. The number of nitrogens with one attached hydrogen (secondary N) is 1. The van der Waals surface area contributed by atoms with Gasteiger partial charge in [-0.1, -0.05) is 17.7 Å². The first kappa shape index (κ1) is 19.1. The molecule has 1 aliphatic heterocycles. The van der Waals surface area contributed by atoms with Crippen LogP contribution in [-0.4, -0.2) is 17.7 Å². The Morgan fingerprint density at radius 3 is 2.21 bits per heavy atom. The van der Waals surface area contributed by atoms with Gasteiger partial charge in [-0.05, 0) is 81.1 Å². The van der Waals surface area contributed by atoms with Crippen molar-refractivity contribution >= 4 is 29.1 Å². The van der Waals surface area contributed by atoms with E-state index in [1.54, 1.807) is 24.3 Å². The van der Waals surface area contributed by atoms with E-state index in [0.29, 0.717) is 24.1 Å². The van der Waals surface area contributed by atoms with Crippen molar-refractivity contribution in [2.75, 3.05) is 10.2 Å². The zero-order chi connectivity index (χ0) is 20.7. The first-order valence-electron chi connectivity index (χ1n) is 9.86. The lowest BCUT2D eigenvalue weighted by molar-refractivity contribution is -0.122. The van der Waals surface area contributed by atoms with Gasteiger partial charge in [0.15, 0.2) is 0 Å². The van der Waals surface area contributed by atoms with Gasteiger partial charge in [-0.2, -0.15) is 0 Å². The van der Waals surface area contributed by atoms with E-state index in [0.717, 1.165) is 22.4 Å². The number of allylic oxidation sites excluding steroid dienone is 2. The fourth-order valence-electron chi connectivity index (χ4n) is 4.30. The highest BCUT2D eigenvalue weighted by atomic mass is 16.2. The molecular weight excluding hydrogens is 364 g/mol. The number of imide groups is 1. The van der Waals surface area contributed by atoms with Gasteiger partial charge >= 0.3 is 0 Å². The fraction of sp³-hybridized carbons (Fsp3) is 0.292. The molecule has 1 saturated heterocycles. The van der Waals surface area contributed by atoms with Crippen LogP contribution in [0.3, 0.4) is 0 Å². The van der Waals surface area contributed by atoms with Crippen molar-refractivity contribution in [3.63, 3.8) is 0 Å². The molecule has 148 valence electrons. The van der Waals surface area contributed by atoms with Crippen LogP contribution in [0.4, 0.5) is 11.4 Å². The van der Waals surface area contributed by atoms with Gasteiger partial charge in [-0.3, -0.25) is 19.3 Å². The number of rotatable bonds is 3. The van der Waals surface area contributed by atoms with Crippen LogP contribution in [0.25, 0.3) is 0 Å². The van der Waals surface area contributed by atoms with Crippen LogP contribution in [-0.2, 0) is 9.59 Å². The summed E-state index contributed by atoms with van der Waals surface area (Å²) in [6.45, 7) is 5.96. The van der Waals surface area contributed by atoms with E-state index < -0.39 is 0 Å². The Morgan fingerprint density at radius 2 is 1.55 bits per heavy atom. The van der Waals surface area contributed by atoms with Crippen LogP contribution >= 0.6 is 0 Å². The third-order valence-electron chi connectivity index (χ3n) is 5.69. The van der Waals surface area contributed by atoms with Crippen molar-refractivity contribution in [1.82, 2.24) is 0 Å². The van der Waals surface area contributed by atoms with Crippen LogP contribution < -0.4 is 10.2 Å². The quantitative estimate of drug-likeness (QED) is 0.626. The molecule has 0 bridgehead atoms. The summed E-state index contributed by atoms with van der Waals surface area (Å²) in [5.74, 6) is -1.04. The Labute approximate surface area is 170 Å². The van der Waals surface area contributed by atoms with Gasteiger partial charge in [-0.25, -0.2) is 0 Å². The number of anilines is 2. The minimum absolute atomic E-state index is 0.139. The Balaban J connectivity index is 1.51. The molecule has 0 spiro atoms. The Hall–Kier alpha value is -3.21. The lowest BCUT2D eigenvalue weighted by Crippen LogP contribution is -2.30. The number of hydrogen-bond donors (Lipinski definition) is 1. The highest BCUT2D eigenvalue weighted by molar-refractivity contribution is 6.22. The van der Waals surface area contributed by atoms with Crippen LogP contribution in [0.2, 0.25) is 0 Å². The monoisotopic (exact) mass is 388 g/mol. The summed E-state index contributed by atoms with van der Waals surface area (Å²) in [5.41, 5.74) is 5.05. The number of carbonyl (C=O) groups excluding carboxylic acids is 3. The van der Waals surface area contributed by atoms with Gasteiger partial charge in [0.2, 0.25) is 11.8 Å². The number of carbonyl (C=O) groups is 3. The van der Waals surface area contributed by atoms with E-state index in [1.807, 2.05) is 39.0 Å². The maximum atomic E-state index is 12.8. The van der Waals surface area contributed by atoms with E-state index in [4.69, 9.17) is 0 Å². The predicted octanol–water partition coefficient (Wildman–Crippen LogP) is 4.40. The summed E-state index contributed by atoms with van der Waals surface area (Å²) in [6.07, 6.45) is 3.31. The van der Waals surface area contributed by atoms with E-state index in [1.165, 1.54) is 4.90 Å². The minimum atomic E-state index is -0.265. The molecule has 1 N–H and O–H groups in total. The second-order valence-electron chi connectivity index (χ2n) is 8.09. The van der Waals surface area contributed by atoms with Gasteiger partial charge in [0.05, 0.1) is 17.5 Å². The average Bonchev–Trinajstić information content (AvgIpc) is 2.91. The Kier molecular flexibility index (Phi) is 4.82. The van der Waals surface area contributed by atoms with Crippen molar-refractivity contribution in [3.05, 3.63) is 70.8 Å². The third-order valence-corrected chi connectivity index (χ3v) is 5.69. The fourth-order valence-corrected chi connectivity index (χ4v) is 4.30. The second kappa shape index (κ2) is 7.32. The molecule has 2 aliphatic rings. The van der Waals surface area contributed by atoms with Crippen molar-refractivity contribution in [2.24, 2.45) is 11.8 Å². The highest BCUT2D eigenvalue weighted by Gasteiger charge is 2.48. The van der Waals surface area contributed by atoms with Gasteiger partial charge < -0.3 is 5.32 Å². The summed E-state index contributed by atoms with van der Waals surface area (Å²) in [6, 6.07) is 12.5. The second-order valence-corrected chi connectivity index (χ2v) is 8.09. The van der Waals surface area contributed by atoms with Gasteiger partial charge in [0.25, 0.3) is 5.91 Å². The summed E-state index contributed by atoms with van der Waals surface area (Å²) in [4.78, 5) is 39.5. The zero-order valence-corrected chi connectivity index (χ0v) is 16.9. The van der Waals surface area contributed by atoms with E-state index in [9.17, 15) is 14.4 Å². The summed E-state index contributed by atoms with van der Waals surface area (Å²) in [5, 5.41) is 2.90. The molecule has 1 fully saturated rings. The number of hydrogen-bond acceptors (Lipinski definition) is 3. The molecule has 5 nitrogen and oxygen atoms in total. The summed E-state index contributed by atoms with van der Waals surface area (Å²) >= 11 is 0. The summed E-state index contributed by atoms with van der Waals surface area (Å²) in [7, 11) is 0. The van der Waals surface area contributed by atoms with E-state index >= 15 is 0 Å². The van der Waals surface area contributed by atoms with E-state index in [2.05, 4.69) is 11.4 Å².